The molecule has 2 unspecified atom stereocenters. The third-order valence-corrected chi connectivity index (χ3v) is 3.62. The zero-order chi connectivity index (χ0) is 12.3. The Morgan fingerprint density at radius 3 is 3.06 bits per heavy atom. The van der Waals surface area contributed by atoms with Gasteiger partial charge in [0.15, 0.2) is 0 Å². The van der Waals surface area contributed by atoms with E-state index in [4.69, 9.17) is 5.73 Å². The molecule has 0 spiro atoms. The lowest BCUT2D eigenvalue weighted by Gasteiger charge is -2.27. The minimum absolute atomic E-state index is 0.390. The molecule has 1 aromatic heterocycles. The maximum atomic E-state index is 6.00. The smallest absolute Gasteiger partial charge is 0.0666 e. The summed E-state index contributed by atoms with van der Waals surface area (Å²) in [5.74, 6) is 0. The number of hydrogen-bond donors (Lipinski definition) is 2. The molecular formula is C13H24N4. The van der Waals surface area contributed by atoms with Crippen molar-refractivity contribution in [1.82, 2.24) is 15.1 Å². The van der Waals surface area contributed by atoms with E-state index in [9.17, 15) is 0 Å². The molecule has 0 aromatic carbocycles. The lowest BCUT2D eigenvalue weighted by atomic mass is 9.91. The molecule has 1 fully saturated rings. The van der Waals surface area contributed by atoms with E-state index in [1.165, 1.54) is 30.5 Å². The Bertz CT molecular complexity index is 358. The Balaban J connectivity index is 1.88. The van der Waals surface area contributed by atoms with E-state index in [1.54, 1.807) is 0 Å². The molecule has 1 saturated carbocycles. The Kier molecular flexibility index (Phi) is 4.18. The highest BCUT2D eigenvalue weighted by Crippen LogP contribution is 2.17. The molecule has 1 aliphatic rings. The van der Waals surface area contributed by atoms with Gasteiger partial charge in [0.1, 0.15) is 0 Å². The van der Waals surface area contributed by atoms with Crippen LogP contribution < -0.4 is 11.1 Å². The van der Waals surface area contributed by atoms with Gasteiger partial charge in [0.25, 0.3) is 0 Å². The first-order chi connectivity index (χ1) is 8.19. The van der Waals surface area contributed by atoms with Crippen LogP contribution in [0, 0.1) is 0 Å². The van der Waals surface area contributed by atoms with Crippen molar-refractivity contribution in [3.05, 3.63) is 17.5 Å². The van der Waals surface area contributed by atoms with Crippen molar-refractivity contribution in [1.29, 1.82) is 0 Å². The van der Waals surface area contributed by atoms with Crippen LogP contribution in [-0.4, -0.2) is 21.9 Å². The zero-order valence-corrected chi connectivity index (χ0v) is 10.9. The molecule has 0 amide bonds. The van der Waals surface area contributed by atoms with Crippen molar-refractivity contribution < 1.29 is 0 Å². The fraction of sp³-hybridized carbons (Fsp3) is 0.769. The van der Waals surface area contributed by atoms with Crippen LogP contribution >= 0.6 is 0 Å². The van der Waals surface area contributed by atoms with E-state index < -0.39 is 0 Å². The van der Waals surface area contributed by atoms with Gasteiger partial charge >= 0.3 is 0 Å². The first kappa shape index (κ1) is 12.6. The van der Waals surface area contributed by atoms with E-state index in [0.717, 1.165) is 19.4 Å². The average Bonchev–Trinajstić information content (AvgIpc) is 2.67. The van der Waals surface area contributed by atoms with Crippen LogP contribution in [-0.2, 0) is 20.0 Å². The number of aryl methyl sites for hydroxylation is 2. The Morgan fingerprint density at radius 1 is 1.53 bits per heavy atom. The zero-order valence-electron chi connectivity index (χ0n) is 10.9. The van der Waals surface area contributed by atoms with Gasteiger partial charge in [-0.2, -0.15) is 5.10 Å². The summed E-state index contributed by atoms with van der Waals surface area (Å²) < 4.78 is 1.91. The molecule has 3 N–H and O–H groups in total. The second kappa shape index (κ2) is 5.65. The van der Waals surface area contributed by atoms with E-state index in [1.807, 2.05) is 11.7 Å². The van der Waals surface area contributed by atoms with Crippen LogP contribution in [0.3, 0.4) is 0 Å². The highest BCUT2D eigenvalue weighted by Gasteiger charge is 2.19. The highest BCUT2D eigenvalue weighted by atomic mass is 15.3. The first-order valence-electron chi connectivity index (χ1n) is 6.69. The van der Waals surface area contributed by atoms with Crippen molar-refractivity contribution in [3.8, 4) is 0 Å². The second-order valence-corrected chi connectivity index (χ2v) is 5.13. The fourth-order valence-corrected chi connectivity index (χ4v) is 2.70. The molecule has 2 rings (SSSR count). The van der Waals surface area contributed by atoms with Gasteiger partial charge in [0.05, 0.1) is 5.69 Å². The van der Waals surface area contributed by atoms with Gasteiger partial charge in [-0.05, 0) is 25.7 Å². The number of rotatable bonds is 4. The van der Waals surface area contributed by atoms with Crippen molar-refractivity contribution >= 4 is 0 Å². The average molecular weight is 236 g/mol. The summed E-state index contributed by atoms with van der Waals surface area (Å²) in [6, 6.07) is 0.976. The van der Waals surface area contributed by atoms with Crippen molar-refractivity contribution in [3.63, 3.8) is 0 Å². The predicted molar refractivity (Wildman–Crippen MR) is 69.7 cm³/mol. The lowest BCUT2D eigenvalue weighted by Crippen LogP contribution is -2.39. The quantitative estimate of drug-likeness (QED) is 0.829. The van der Waals surface area contributed by atoms with Gasteiger partial charge in [0, 0.05) is 37.4 Å². The summed E-state index contributed by atoms with van der Waals surface area (Å²) in [6.45, 7) is 3.08. The van der Waals surface area contributed by atoms with Gasteiger partial charge in [-0.25, -0.2) is 0 Å². The fourth-order valence-electron chi connectivity index (χ4n) is 2.70. The number of nitrogens with zero attached hydrogens (tertiary/aromatic N) is 2. The molecule has 0 saturated heterocycles. The number of aromatic nitrogens is 2. The number of nitrogens with two attached hydrogens (primary N) is 1. The molecule has 0 radical (unpaired) electrons. The molecule has 1 aromatic rings. The van der Waals surface area contributed by atoms with E-state index in [0.29, 0.717) is 12.1 Å². The molecule has 1 aliphatic carbocycles. The summed E-state index contributed by atoms with van der Waals surface area (Å²) in [5, 5.41) is 8.08. The molecule has 4 nitrogen and oxygen atoms in total. The topological polar surface area (TPSA) is 55.9 Å². The Labute approximate surface area is 104 Å². The minimum atomic E-state index is 0.390. The normalized spacial score (nSPS) is 25.1. The lowest BCUT2D eigenvalue weighted by molar-refractivity contribution is 0.338. The minimum Gasteiger partial charge on any atom is -0.328 e. The van der Waals surface area contributed by atoms with Crippen LogP contribution in [0.5, 0.6) is 0 Å². The summed E-state index contributed by atoms with van der Waals surface area (Å²) in [6.07, 6.45) is 7.94. The number of hydrogen-bond acceptors (Lipinski definition) is 3. The largest absolute Gasteiger partial charge is 0.328 e. The van der Waals surface area contributed by atoms with E-state index in [2.05, 4.69) is 23.5 Å². The Morgan fingerprint density at radius 2 is 2.35 bits per heavy atom. The predicted octanol–water partition coefficient (Wildman–Crippen LogP) is 1.34. The monoisotopic (exact) mass is 236 g/mol. The number of nitrogens with one attached hydrogen (secondary N) is 1. The summed E-state index contributed by atoms with van der Waals surface area (Å²) in [5.41, 5.74) is 8.53. The van der Waals surface area contributed by atoms with E-state index in [-0.39, 0.29) is 0 Å². The van der Waals surface area contributed by atoms with Crippen LogP contribution in [0.25, 0.3) is 0 Å². The first-order valence-corrected chi connectivity index (χ1v) is 6.69. The Hall–Kier alpha value is -0.870. The van der Waals surface area contributed by atoms with Crippen molar-refractivity contribution in [2.45, 2.75) is 57.7 Å². The molecule has 1 heterocycles. The summed E-state index contributed by atoms with van der Waals surface area (Å²) in [7, 11) is 1.99. The highest BCUT2D eigenvalue weighted by molar-refractivity contribution is 5.16. The van der Waals surface area contributed by atoms with Gasteiger partial charge in [-0.3, -0.25) is 4.68 Å². The third kappa shape index (κ3) is 3.30. The van der Waals surface area contributed by atoms with Crippen LogP contribution in [0.15, 0.2) is 6.20 Å². The van der Waals surface area contributed by atoms with Crippen LogP contribution in [0.4, 0.5) is 0 Å². The summed E-state index contributed by atoms with van der Waals surface area (Å²) in [4.78, 5) is 0. The second-order valence-electron chi connectivity index (χ2n) is 5.13. The van der Waals surface area contributed by atoms with Crippen LogP contribution in [0.2, 0.25) is 0 Å². The van der Waals surface area contributed by atoms with Gasteiger partial charge < -0.3 is 11.1 Å². The van der Waals surface area contributed by atoms with Gasteiger partial charge in [-0.15, -0.1) is 0 Å². The maximum absolute atomic E-state index is 6.00. The van der Waals surface area contributed by atoms with Gasteiger partial charge in [-0.1, -0.05) is 13.3 Å². The molecule has 4 heteroatoms. The van der Waals surface area contributed by atoms with Crippen LogP contribution in [0.1, 0.15) is 43.9 Å². The molecule has 0 bridgehead atoms. The third-order valence-electron chi connectivity index (χ3n) is 3.62. The van der Waals surface area contributed by atoms with E-state index >= 15 is 0 Å². The molecule has 96 valence electrons. The van der Waals surface area contributed by atoms with Crippen molar-refractivity contribution in [2.24, 2.45) is 12.8 Å². The van der Waals surface area contributed by atoms with Crippen molar-refractivity contribution in [2.75, 3.05) is 0 Å². The SMILES string of the molecule is CCc1nn(C)cc1CNC1CCCC(N)C1. The molecular weight excluding hydrogens is 212 g/mol. The molecule has 0 aliphatic heterocycles. The van der Waals surface area contributed by atoms with Gasteiger partial charge in [0.2, 0.25) is 0 Å². The summed E-state index contributed by atoms with van der Waals surface area (Å²) >= 11 is 0. The maximum Gasteiger partial charge on any atom is 0.0666 e. The standard InChI is InChI=1S/C13H24N4/c1-3-13-10(9-17(2)16-13)8-15-12-6-4-5-11(14)7-12/h9,11-12,15H,3-8,14H2,1-2H3. The molecule has 17 heavy (non-hydrogen) atoms. The molecule has 2 atom stereocenters.